The number of nitrogens with one attached hydrogen (secondary N) is 3. The first-order valence-electron chi connectivity index (χ1n) is 16.5. The van der Waals surface area contributed by atoms with Crippen LogP contribution in [0.4, 0.5) is 5.82 Å². The molecule has 16 heteroatoms. The van der Waals surface area contributed by atoms with Crippen molar-refractivity contribution in [2.45, 2.75) is 57.0 Å². The Balaban J connectivity index is 1.31. The molecule has 0 bridgehead atoms. The number of aromatic nitrogens is 2. The van der Waals surface area contributed by atoms with Gasteiger partial charge in [0.25, 0.3) is 5.91 Å². The summed E-state index contributed by atoms with van der Waals surface area (Å²) in [5.41, 5.74) is 1.65. The number of methoxy groups -OCH3 is 1. The topological polar surface area (TPSA) is 212 Å². The number of aliphatic hydroxyl groups is 2. The van der Waals surface area contributed by atoms with Crippen LogP contribution in [0.5, 0.6) is 11.8 Å². The molecule has 0 aliphatic heterocycles. The van der Waals surface area contributed by atoms with Crippen molar-refractivity contribution in [3.63, 3.8) is 0 Å². The molecule has 1 amide bonds. The minimum absolute atomic E-state index is 0.00931. The minimum atomic E-state index is -1.58. The van der Waals surface area contributed by atoms with Crippen molar-refractivity contribution >= 4 is 46.9 Å². The number of carboxylic acid groups (broad SMARTS) is 2. The summed E-state index contributed by atoms with van der Waals surface area (Å²) < 4.78 is 11.8. The number of nitrogens with zero attached hydrogens (tertiary/aromatic N) is 2. The van der Waals surface area contributed by atoms with Gasteiger partial charge in [-0.3, -0.25) is 25.0 Å². The number of carboxylic acids is 2. The van der Waals surface area contributed by atoms with Crippen molar-refractivity contribution in [3.05, 3.63) is 98.7 Å². The number of benzene rings is 2. The van der Waals surface area contributed by atoms with Crippen LogP contribution in [0, 0.1) is 0 Å². The second-order valence-electron chi connectivity index (χ2n) is 12.9. The van der Waals surface area contributed by atoms with Gasteiger partial charge in [0.15, 0.2) is 0 Å². The number of carbonyl (C=O) groups excluding carboxylic acids is 1. The lowest BCUT2D eigenvalue weighted by Gasteiger charge is -2.24. The van der Waals surface area contributed by atoms with Gasteiger partial charge in [-0.25, -0.2) is 4.98 Å². The summed E-state index contributed by atoms with van der Waals surface area (Å²) in [4.78, 5) is 45.1. The average molecular weight is 769 g/mol. The average Bonchev–Trinajstić information content (AvgIpc) is 3.56. The second kappa shape index (κ2) is 16.5. The highest BCUT2D eigenvalue weighted by Gasteiger charge is 2.34. The Morgan fingerprint density at radius 1 is 0.906 bits per heavy atom. The van der Waals surface area contributed by atoms with Gasteiger partial charge in [-0.15, -0.1) is 0 Å². The number of aliphatic carboxylic acids is 2. The fraction of sp³-hybridized carbons (Fsp3) is 0.324. The number of anilines is 1. The first kappa shape index (κ1) is 39.4. The van der Waals surface area contributed by atoms with E-state index in [0.29, 0.717) is 29.5 Å². The summed E-state index contributed by atoms with van der Waals surface area (Å²) in [6.07, 6.45) is 2.33. The van der Waals surface area contributed by atoms with Gasteiger partial charge in [0, 0.05) is 30.4 Å². The molecule has 7 N–H and O–H groups in total. The predicted molar refractivity (Wildman–Crippen MR) is 196 cm³/mol. The van der Waals surface area contributed by atoms with Gasteiger partial charge in [-0.2, -0.15) is 4.98 Å². The van der Waals surface area contributed by atoms with Gasteiger partial charge in [-0.05, 0) is 67.1 Å². The molecule has 0 saturated carbocycles. The van der Waals surface area contributed by atoms with Crippen molar-refractivity contribution in [1.82, 2.24) is 20.6 Å². The molecule has 0 spiro atoms. The molecule has 5 rings (SSSR count). The van der Waals surface area contributed by atoms with Crippen LogP contribution in [0.3, 0.4) is 0 Å². The zero-order chi connectivity index (χ0) is 38.5. The van der Waals surface area contributed by atoms with E-state index in [2.05, 4.69) is 25.9 Å². The molecule has 4 aromatic rings. The normalized spacial score (nSPS) is 15.9. The van der Waals surface area contributed by atoms with Crippen LogP contribution in [-0.4, -0.2) is 79.6 Å². The van der Waals surface area contributed by atoms with E-state index in [1.807, 2.05) is 24.3 Å². The number of amides is 1. The molecule has 0 saturated heterocycles. The molecular formula is C37H39Cl2N5O9. The molecule has 280 valence electrons. The summed E-state index contributed by atoms with van der Waals surface area (Å²) in [5, 5.41) is 46.6. The Morgan fingerprint density at radius 3 is 2.19 bits per heavy atom. The molecule has 1 aliphatic rings. The zero-order valence-corrected chi connectivity index (χ0v) is 30.6. The molecule has 2 aromatic heterocycles. The maximum Gasteiger partial charge on any atom is 0.326 e. The zero-order valence-electron chi connectivity index (χ0n) is 29.1. The highest BCUT2D eigenvalue weighted by Crippen LogP contribution is 2.43. The van der Waals surface area contributed by atoms with Crippen LogP contribution in [0.1, 0.15) is 59.0 Å². The monoisotopic (exact) mass is 767 g/mol. The summed E-state index contributed by atoms with van der Waals surface area (Å²) in [5.74, 6) is -2.29. The summed E-state index contributed by atoms with van der Waals surface area (Å²) in [6, 6.07) is 15.8. The maximum absolute atomic E-state index is 13.4. The Labute approximate surface area is 315 Å². The number of hydrogen-bond acceptors (Lipinski definition) is 11. The molecule has 1 aliphatic carbocycles. The lowest BCUT2D eigenvalue weighted by Crippen LogP contribution is -2.52. The van der Waals surface area contributed by atoms with E-state index >= 15 is 0 Å². The molecular weight excluding hydrogens is 729 g/mol. The first-order valence-corrected chi connectivity index (χ1v) is 17.2. The minimum Gasteiger partial charge on any atom is -0.481 e. The van der Waals surface area contributed by atoms with Crippen molar-refractivity contribution in [2.75, 3.05) is 25.6 Å². The van der Waals surface area contributed by atoms with Gasteiger partial charge >= 0.3 is 11.9 Å². The summed E-state index contributed by atoms with van der Waals surface area (Å²) >= 11 is 13.5. The van der Waals surface area contributed by atoms with Gasteiger partial charge in [-0.1, -0.05) is 59.6 Å². The standard InChI is InChI=1S/C37H39Cl2N5O9/c1-36(18-45,34(48)49)41-16-20-10-13-29(40-15-20)43-31(47)26-9-5-8-25(30(26)39)22-6-4-7-24-23(22)11-12-28(24)53-33-27(38)14-21(32(44-33)52-3)17-42-37(2,19-46)35(50)51/h4-10,13-15,28,41-42,45-46H,11-12,16-19H2,1-3H3,(H,48,49)(H,50,51)(H,40,43,47)/t28-,36+,37+/m0/s1. The highest BCUT2D eigenvalue weighted by molar-refractivity contribution is 6.37. The molecule has 0 unspecified atom stereocenters. The van der Waals surface area contributed by atoms with E-state index < -0.39 is 48.2 Å². The number of pyridine rings is 2. The number of rotatable bonds is 16. The number of ether oxygens (including phenoxy) is 2. The molecule has 2 heterocycles. The largest absolute Gasteiger partial charge is 0.481 e. The molecule has 14 nitrogen and oxygen atoms in total. The van der Waals surface area contributed by atoms with Gasteiger partial charge in [0.05, 0.1) is 30.9 Å². The van der Waals surface area contributed by atoms with Crippen LogP contribution in [-0.2, 0) is 29.1 Å². The third-order valence-corrected chi connectivity index (χ3v) is 9.85. The maximum atomic E-state index is 13.4. The van der Waals surface area contributed by atoms with Crippen LogP contribution in [0.25, 0.3) is 11.1 Å². The van der Waals surface area contributed by atoms with Gasteiger partial charge in [0.1, 0.15) is 28.0 Å². The molecule has 0 fully saturated rings. The van der Waals surface area contributed by atoms with Crippen molar-refractivity contribution in [3.8, 4) is 22.9 Å². The van der Waals surface area contributed by atoms with Crippen LogP contribution in [0.15, 0.2) is 60.8 Å². The Kier molecular flexibility index (Phi) is 12.2. The number of halogens is 2. The third kappa shape index (κ3) is 8.54. The van der Waals surface area contributed by atoms with E-state index in [0.717, 1.165) is 16.7 Å². The molecule has 2 aromatic carbocycles. The second-order valence-corrected chi connectivity index (χ2v) is 13.7. The van der Waals surface area contributed by atoms with E-state index in [4.69, 9.17) is 32.7 Å². The number of hydrogen-bond donors (Lipinski definition) is 7. The quantitative estimate of drug-likeness (QED) is 0.0830. The number of carbonyl (C=O) groups is 3. The number of aliphatic hydroxyl groups excluding tert-OH is 2. The number of fused-ring (bicyclic) bond motifs is 1. The third-order valence-electron chi connectivity index (χ3n) is 9.17. The smallest absolute Gasteiger partial charge is 0.326 e. The van der Waals surface area contributed by atoms with Gasteiger partial charge in [0.2, 0.25) is 11.8 Å². The molecule has 3 atom stereocenters. The van der Waals surface area contributed by atoms with Gasteiger partial charge < -0.3 is 35.2 Å². The van der Waals surface area contributed by atoms with E-state index in [-0.39, 0.29) is 46.3 Å². The van der Waals surface area contributed by atoms with Crippen molar-refractivity contribution in [2.24, 2.45) is 0 Å². The van der Waals surface area contributed by atoms with E-state index in [1.54, 1.807) is 30.3 Å². The SMILES string of the molecule is COc1nc(O[C@H]2CCc3c(-c4cccc(C(=O)Nc5ccc(CN[C@](C)(CO)C(=O)O)cn5)c4Cl)cccc32)c(Cl)cc1CN[C@](C)(CO)C(=O)O. The van der Waals surface area contributed by atoms with Crippen molar-refractivity contribution < 1.29 is 44.3 Å². The predicted octanol–water partition coefficient (Wildman–Crippen LogP) is 4.63. The summed E-state index contributed by atoms with van der Waals surface area (Å²) in [7, 11) is 1.42. The lowest BCUT2D eigenvalue weighted by atomic mass is 9.95. The van der Waals surface area contributed by atoms with Crippen LogP contribution < -0.4 is 25.4 Å². The Hall–Kier alpha value is -4.83. The van der Waals surface area contributed by atoms with Crippen LogP contribution in [0.2, 0.25) is 10.0 Å². The van der Waals surface area contributed by atoms with E-state index in [9.17, 15) is 34.8 Å². The Morgan fingerprint density at radius 2 is 1.57 bits per heavy atom. The Bertz CT molecular complexity index is 2020. The highest BCUT2D eigenvalue weighted by atomic mass is 35.5. The summed E-state index contributed by atoms with van der Waals surface area (Å²) in [6.45, 7) is 1.66. The lowest BCUT2D eigenvalue weighted by molar-refractivity contribution is -0.146. The molecule has 53 heavy (non-hydrogen) atoms. The van der Waals surface area contributed by atoms with Crippen molar-refractivity contribution in [1.29, 1.82) is 0 Å². The van der Waals surface area contributed by atoms with Crippen LogP contribution >= 0.6 is 23.2 Å². The fourth-order valence-electron chi connectivity index (χ4n) is 5.69. The first-order chi connectivity index (χ1) is 25.2. The molecule has 0 radical (unpaired) electrons. The van der Waals surface area contributed by atoms with E-state index in [1.165, 1.54) is 27.2 Å². The fourth-order valence-corrected chi connectivity index (χ4v) is 6.23.